The molecule has 0 fully saturated rings. The van der Waals surface area contributed by atoms with E-state index in [1.165, 1.54) is 193 Å². The molecule has 3 unspecified atom stereocenters. The fourth-order valence-electron chi connectivity index (χ4n) is 9.08. The average Bonchev–Trinajstić information content (AvgIpc) is 3.31. The molecule has 66 heavy (non-hydrogen) atoms. The highest BCUT2D eigenvalue weighted by molar-refractivity contribution is 5.77. The first-order valence-corrected chi connectivity index (χ1v) is 29.2. The highest BCUT2D eigenvalue weighted by Crippen LogP contribution is 2.18. The van der Waals surface area contributed by atoms with Crippen LogP contribution in [0, 0.1) is 0 Å². The molecule has 3 N–H and O–H groups in total. The summed E-state index contributed by atoms with van der Waals surface area (Å²) in [5.74, 6) is -0.490. The van der Waals surface area contributed by atoms with Crippen molar-refractivity contribution in [1.82, 2.24) is 5.32 Å². The Bertz CT molecular complexity index is 1090. The van der Waals surface area contributed by atoms with Gasteiger partial charge in [0.2, 0.25) is 5.91 Å². The molecule has 0 aliphatic carbocycles. The number of nitrogens with one attached hydrogen (secondary N) is 1. The minimum absolute atomic E-state index is 0.0593. The average molecular weight is 929 g/mol. The fourth-order valence-corrected chi connectivity index (χ4v) is 9.08. The van der Waals surface area contributed by atoms with E-state index in [-0.39, 0.29) is 24.9 Å². The monoisotopic (exact) mass is 928 g/mol. The minimum Gasteiger partial charge on any atom is -0.462 e. The molecule has 388 valence electrons. The van der Waals surface area contributed by atoms with Crippen molar-refractivity contribution in [2.24, 2.45) is 0 Å². The second-order valence-corrected chi connectivity index (χ2v) is 20.1. The van der Waals surface area contributed by atoms with E-state index in [0.29, 0.717) is 19.3 Å². The molecule has 6 heteroatoms. The number of carbonyl (C=O) groups is 2. The van der Waals surface area contributed by atoms with Crippen molar-refractivity contribution in [3.8, 4) is 0 Å². The second-order valence-electron chi connectivity index (χ2n) is 20.1. The summed E-state index contributed by atoms with van der Waals surface area (Å²) in [5, 5.41) is 23.9. The van der Waals surface area contributed by atoms with Crippen LogP contribution in [0.1, 0.15) is 310 Å². The normalized spacial score (nSPS) is 13.3. The molecule has 0 aliphatic rings. The van der Waals surface area contributed by atoms with Crippen LogP contribution in [-0.4, -0.2) is 46.9 Å². The smallest absolute Gasteiger partial charge is 0.306 e. The number of aliphatic hydroxyl groups excluding tert-OH is 2. The molecule has 0 aromatic heterocycles. The van der Waals surface area contributed by atoms with Crippen LogP contribution in [0.15, 0.2) is 36.5 Å². The maximum atomic E-state index is 13.3. The van der Waals surface area contributed by atoms with Crippen molar-refractivity contribution in [1.29, 1.82) is 0 Å². The van der Waals surface area contributed by atoms with Crippen LogP contribution in [0.5, 0.6) is 0 Å². The lowest BCUT2D eigenvalue weighted by molar-refractivity contribution is -0.151. The van der Waals surface area contributed by atoms with Crippen molar-refractivity contribution in [2.45, 2.75) is 328 Å². The van der Waals surface area contributed by atoms with Gasteiger partial charge in [0, 0.05) is 6.42 Å². The molecule has 0 saturated carbocycles. The van der Waals surface area contributed by atoms with E-state index in [1.54, 1.807) is 0 Å². The number of unbranched alkanes of at least 4 members (excludes halogenated alkanes) is 37. The van der Waals surface area contributed by atoms with E-state index in [1.807, 2.05) is 0 Å². The Morgan fingerprint density at radius 3 is 1.17 bits per heavy atom. The van der Waals surface area contributed by atoms with Gasteiger partial charge in [0.15, 0.2) is 0 Å². The maximum Gasteiger partial charge on any atom is 0.306 e. The summed E-state index contributed by atoms with van der Waals surface area (Å²) in [5.41, 5.74) is 0. The van der Waals surface area contributed by atoms with Crippen LogP contribution in [-0.2, 0) is 14.3 Å². The first-order valence-electron chi connectivity index (χ1n) is 29.2. The number of hydrogen-bond acceptors (Lipinski definition) is 5. The van der Waals surface area contributed by atoms with Crippen LogP contribution in [0.2, 0.25) is 0 Å². The Kier molecular flexibility index (Phi) is 52.5. The zero-order valence-electron chi connectivity index (χ0n) is 44.3. The van der Waals surface area contributed by atoms with Crippen LogP contribution in [0.3, 0.4) is 0 Å². The van der Waals surface area contributed by atoms with Gasteiger partial charge < -0.3 is 20.3 Å². The molecule has 0 bridgehead atoms. The Morgan fingerprint density at radius 2 is 0.773 bits per heavy atom. The second kappa shape index (κ2) is 54.0. The molecule has 0 spiro atoms. The van der Waals surface area contributed by atoms with Crippen molar-refractivity contribution < 1.29 is 24.5 Å². The molecule has 0 rings (SSSR count). The number of amides is 1. The Balaban J connectivity index is 4.58. The number of aliphatic hydroxyl groups is 2. The number of carbonyl (C=O) groups excluding carboxylic acids is 2. The van der Waals surface area contributed by atoms with E-state index < -0.39 is 18.2 Å². The number of allylic oxidation sites excluding steroid dienone is 6. The van der Waals surface area contributed by atoms with E-state index in [0.717, 1.165) is 70.6 Å². The quantitative estimate of drug-likeness (QED) is 0.0321. The summed E-state index contributed by atoms with van der Waals surface area (Å²) < 4.78 is 5.95. The highest BCUT2D eigenvalue weighted by atomic mass is 16.5. The molecule has 0 aliphatic heterocycles. The summed E-state index contributed by atoms with van der Waals surface area (Å²) in [4.78, 5) is 26.3. The Morgan fingerprint density at radius 1 is 0.439 bits per heavy atom. The number of ether oxygens (including phenoxy) is 1. The molecule has 0 saturated heterocycles. The lowest BCUT2D eigenvalue weighted by Gasteiger charge is -2.24. The Labute approximate surface area is 411 Å². The minimum atomic E-state index is -0.795. The maximum absolute atomic E-state index is 13.3. The van der Waals surface area contributed by atoms with E-state index in [9.17, 15) is 19.8 Å². The summed E-state index contributed by atoms with van der Waals surface area (Å²) in [6, 6.07) is -0.710. The van der Waals surface area contributed by atoms with Gasteiger partial charge in [-0.1, -0.05) is 282 Å². The van der Waals surface area contributed by atoms with Crippen LogP contribution in [0.25, 0.3) is 0 Å². The van der Waals surface area contributed by atoms with Crippen molar-refractivity contribution in [3.05, 3.63) is 36.5 Å². The first-order chi connectivity index (χ1) is 32.5. The van der Waals surface area contributed by atoms with E-state index in [2.05, 4.69) is 62.5 Å². The summed E-state index contributed by atoms with van der Waals surface area (Å²) in [6.07, 6.45) is 65.0. The van der Waals surface area contributed by atoms with Gasteiger partial charge in [-0.25, -0.2) is 0 Å². The standard InChI is InChI=1S/C60H113NO5/c1-4-7-10-13-16-19-22-25-27-29-30-32-35-38-41-44-47-50-53-60(65)66-56(51-48-45-42-39-36-34-31-28-26-23-20-17-14-11-8-5-2)54-59(64)61-57(55-62)58(63)52-49-46-43-40-37-33-24-21-18-15-12-9-6-3/h23,26,28,31,34,36,56-58,62-63H,4-22,24-25,27,29-30,32-33,35,37-55H2,1-3H3,(H,61,64)/b26-23+,31-28+,36-34+. The van der Waals surface area contributed by atoms with E-state index in [4.69, 9.17) is 4.74 Å². The molecule has 0 aromatic rings. The molecule has 0 aromatic carbocycles. The summed E-state index contributed by atoms with van der Waals surface area (Å²) in [6.45, 7) is 6.49. The lowest BCUT2D eigenvalue weighted by Crippen LogP contribution is -2.46. The fraction of sp³-hybridized carbons (Fsp3) is 0.867. The molecule has 0 radical (unpaired) electrons. The molecule has 3 atom stereocenters. The van der Waals surface area contributed by atoms with Gasteiger partial charge in [0.25, 0.3) is 0 Å². The molecule has 6 nitrogen and oxygen atoms in total. The van der Waals surface area contributed by atoms with Crippen LogP contribution >= 0.6 is 0 Å². The van der Waals surface area contributed by atoms with Gasteiger partial charge >= 0.3 is 5.97 Å². The van der Waals surface area contributed by atoms with Gasteiger partial charge in [-0.3, -0.25) is 9.59 Å². The van der Waals surface area contributed by atoms with Gasteiger partial charge in [0.05, 0.1) is 25.2 Å². The van der Waals surface area contributed by atoms with Gasteiger partial charge in [-0.05, 0) is 51.4 Å². The zero-order valence-corrected chi connectivity index (χ0v) is 44.3. The van der Waals surface area contributed by atoms with Gasteiger partial charge in [-0.2, -0.15) is 0 Å². The number of hydrogen-bond donors (Lipinski definition) is 3. The van der Waals surface area contributed by atoms with Crippen LogP contribution < -0.4 is 5.32 Å². The van der Waals surface area contributed by atoms with Crippen LogP contribution in [0.4, 0.5) is 0 Å². The van der Waals surface area contributed by atoms with Crippen molar-refractivity contribution >= 4 is 11.9 Å². The SMILES string of the molecule is CCCCCCC/C=C/C=C/C=C/CCCCCC(CC(=O)NC(CO)C(O)CCCCCCCCCCCCCCC)OC(=O)CCCCCCCCCCCCCCCCCCCC. The molecule has 1 amide bonds. The third-order valence-corrected chi connectivity index (χ3v) is 13.5. The zero-order chi connectivity index (χ0) is 48.1. The molecular formula is C60H113NO5. The predicted octanol–water partition coefficient (Wildman–Crippen LogP) is 18.0. The third kappa shape index (κ3) is 48.5. The van der Waals surface area contributed by atoms with Crippen molar-refractivity contribution in [2.75, 3.05) is 6.61 Å². The number of rotatable bonds is 53. The van der Waals surface area contributed by atoms with Gasteiger partial charge in [-0.15, -0.1) is 0 Å². The highest BCUT2D eigenvalue weighted by Gasteiger charge is 2.24. The first kappa shape index (κ1) is 64.1. The lowest BCUT2D eigenvalue weighted by atomic mass is 10.0. The van der Waals surface area contributed by atoms with Gasteiger partial charge in [0.1, 0.15) is 6.10 Å². The predicted molar refractivity (Wildman–Crippen MR) is 287 cm³/mol. The topological polar surface area (TPSA) is 95.9 Å². The van der Waals surface area contributed by atoms with E-state index >= 15 is 0 Å². The number of esters is 1. The molecule has 0 heterocycles. The molecular weight excluding hydrogens is 815 g/mol. The third-order valence-electron chi connectivity index (χ3n) is 13.5. The summed E-state index contributed by atoms with van der Waals surface area (Å²) >= 11 is 0. The Hall–Kier alpha value is -1.92. The summed E-state index contributed by atoms with van der Waals surface area (Å²) in [7, 11) is 0. The van der Waals surface area contributed by atoms with Crippen molar-refractivity contribution in [3.63, 3.8) is 0 Å². The largest absolute Gasteiger partial charge is 0.462 e.